The highest BCUT2D eigenvalue weighted by Gasteiger charge is 2.27. The van der Waals surface area contributed by atoms with Crippen LogP contribution in [0.2, 0.25) is 0 Å². The second kappa shape index (κ2) is 5.30. The van der Waals surface area contributed by atoms with Crippen molar-refractivity contribution in [2.45, 2.75) is 6.04 Å². The van der Waals surface area contributed by atoms with Crippen molar-refractivity contribution in [1.29, 1.82) is 0 Å². The molecule has 0 saturated carbocycles. The van der Waals surface area contributed by atoms with Crippen LogP contribution < -0.4 is 5.32 Å². The molecule has 1 aliphatic rings. The van der Waals surface area contributed by atoms with Crippen molar-refractivity contribution in [2.75, 3.05) is 20.1 Å². The summed E-state index contributed by atoms with van der Waals surface area (Å²) in [4.78, 5) is 14.5. The molecule has 3 nitrogen and oxygen atoms in total. The van der Waals surface area contributed by atoms with Crippen LogP contribution in [0, 0.1) is 0 Å². The molecule has 0 aliphatic carbocycles. The van der Waals surface area contributed by atoms with Gasteiger partial charge in [0.05, 0.1) is 6.04 Å². The Hall–Kier alpha value is -0.100. The lowest BCUT2D eigenvalue weighted by molar-refractivity contribution is 0.0685. The Morgan fingerprint density at radius 1 is 1.67 bits per heavy atom. The van der Waals surface area contributed by atoms with Crippen LogP contribution in [0.4, 0.5) is 0 Å². The molecule has 84 valence electrons. The molecule has 0 unspecified atom stereocenters. The van der Waals surface area contributed by atoms with Gasteiger partial charge in [-0.1, -0.05) is 0 Å². The van der Waals surface area contributed by atoms with Crippen molar-refractivity contribution < 1.29 is 4.79 Å². The number of halogens is 2. The molecule has 0 radical (unpaired) electrons. The molecule has 1 saturated heterocycles. The van der Waals surface area contributed by atoms with Gasteiger partial charge in [-0.2, -0.15) is 0 Å². The molecule has 1 amide bonds. The van der Waals surface area contributed by atoms with Gasteiger partial charge in [0, 0.05) is 24.6 Å². The number of carbonyl (C=O) groups is 1. The van der Waals surface area contributed by atoms with Gasteiger partial charge in [-0.05, 0) is 27.4 Å². The molecule has 0 spiro atoms. The van der Waals surface area contributed by atoms with Crippen molar-refractivity contribution in [1.82, 2.24) is 10.2 Å². The molecule has 0 atom stereocenters. The quantitative estimate of drug-likeness (QED) is 0.906. The van der Waals surface area contributed by atoms with E-state index in [1.807, 2.05) is 23.4 Å². The molecule has 2 heterocycles. The molecule has 0 aromatic carbocycles. The van der Waals surface area contributed by atoms with Gasteiger partial charge in [0.15, 0.2) is 0 Å². The van der Waals surface area contributed by atoms with E-state index in [2.05, 4.69) is 21.2 Å². The second-order valence-corrected chi connectivity index (χ2v) is 5.10. The number of thiophene rings is 1. The zero-order valence-electron chi connectivity index (χ0n) is 8.20. The Morgan fingerprint density at radius 3 is 2.73 bits per heavy atom. The lowest BCUT2D eigenvalue weighted by atomic mass is 10.1. The zero-order valence-corrected chi connectivity index (χ0v) is 11.4. The van der Waals surface area contributed by atoms with Crippen LogP contribution in [-0.4, -0.2) is 37.0 Å². The van der Waals surface area contributed by atoms with E-state index in [1.54, 1.807) is 0 Å². The van der Waals surface area contributed by atoms with Gasteiger partial charge < -0.3 is 10.2 Å². The Morgan fingerprint density at radius 2 is 2.33 bits per heavy atom. The van der Waals surface area contributed by atoms with Crippen molar-refractivity contribution in [3.8, 4) is 0 Å². The highest BCUT2D eigenvalue weighted by atomic mass is 79.9. The van der Waals surface area contributed by atoms with E-state index in [9.17, 15) is 4.79 Å². The minimum absolute atomic E-state index is 0. The summed E-state index contributed by atoms with van der Waals surface area (Å²) in [7, 11) is 1.86. The van der Waals surface area contributed by atoms with Gasteiger partial charge in [0.1, 0.15) is 4.88 Å². The average molecular weight is 312 g/mol. The molecule has 15 heavy (non-hydrogen) atoms. The van der Waals surface area contributed by atoms with E-state index in [1.165, 1.54) is 11.3 Å². The Labute approximate surface area is 107 Å². The van der Waals surface area contributed by atoms with E-state index < -0.39 is 0 Å². The van der Waals surface area contributed by atoms with Gasteiger partial charge in [0.25, 0.3) is 5.91 Å². The van der Waals surface area contributed by atoms with Crippen LogP contribution in [0.25, 0.3) is 0 Å². The number of carbonyl (C=O) groups excluding carboxylic acids is 1. The monoisotopic (exact) mass is 310 g/mol. The summed E-state index contributed by atoms with van der Waals surface area (Å²) in [6.45, 7) is 1.82. The predicted octanol–water partition coefficient (Wildman–Crippen LogP) is 1.98. The van der Waals surface area contributed by atoms with E-state index in [4.69, 9.17) is 0 Å². The van der Waals surface area contributed by atoms with Crippen LogP contribution in [0.1, 0.15) is 9.67 Å². The summed E-state index contributed by atoms with van der Waals surface area (Å²) in [6, 6.07) is 2.27. The smallest absolute Gasteiger partial charge is 0.265 e. The van der Waals surface area contributed by atoms with Crippen LogP contribution in [0.3, 0.4) is 0 Å². The second-order valence-electron chi connectivity index (χ2n) is 3.33. The summed E-state index contributed by atoms with van der Waals surface area (Å²) < 4.78 is 0.895. The molecule has 1 N–H and O–H groups in total. The van der Waals surface area contributed by atoms with E-state index in [0.29, 0.717) is 6.04 Å². The molecular weight excluding hydrogens is 300 g/mol. The largest absolute Gasteiger partial charge is 0.335 e. The number of hydrogen-bond acceptors (Lipinski definition) is 3. The van der Waals surface area contributed by atoms with E-state index >= 15 is 0 Å². The highest BCUT2D eigenvalue weighted by molar-refractivity contribution is 9.10. The third-order valence-electron chi connectivity index (χ3n) is 2.44. The number of hydrogen-bond donors (Lipinski definition) is 1. The molecule has 1 aromatic rings. The summed E-state index contributed by atoms with van der Waals surface area (Å²) >= 11 is 4.85. The molecule has 1 aromatic heterocycles. The van der Waals surface area contributed by atoms with Crippen LogP contribution in [-0.2, 0) is 0 Å². The maximum Gasteiger partial charge on any atom is 0.265 e. The van der Waals surface area contributed by atoms with Crippen molar-refractivity contribution in [3.05, 3.63) is 20.8 Å². The number of nitrogens with one attached hydrogen (secondary N) is 1. The first-order chi connectivity index (χ1) is 6.70. The van der Waals surface area contributed by atoms with E-state index in [0.717, 1.165) is 22.4 Å². The minimum atomic E-state index is 0. The summed E-state index contributed by atoms with van der Waals surface area (Å²) in [6.07, 6.45) is 0. The molecule has 1 fully saturated rings. The maximum absolute atomic E-state index is 11.9. The summed E-state index contributed by atoms with van der Waals surface area (Å²) in [5.41, 5.74) is 0. The Balaban J connectivity index is 0.00000112. The highest BCUT2D eigenvalue weighted by Crippen LogP contribution is 2.24. The minimum Gasteiger partial charge on any atom is -0.335 e. The first-order valence-electron chi connectivity index (χ1n) is 4.41. The fraction of sp³-hybridized carbons (Fsp3) is 0.444. The van der Waals surface area contributed by atoms with Gasteiger partial charge in [-0.3, -0.25) is 4.79 Å². The number of likely N-dealkylation sites (N-methyl/N-ethyl adjacent to an activating group) is 1. The van der Waals surface area contributed by atoms with Crippen molar-refractivity contribution in [2.24, 2.45) is 0 Å². The number of nitrogens with zero attached hydrogens (tertiary/aromatic N) is 1. The lowest BCUT2D eigenvalue weighted by Gasteiger charge is -2.35. The first-order valence-corrected chi connectivity index (χ1v) is 6.08. The standard InChI is InChI=1S/C9H11BrN2OS.ClH/c1-12(6-4-11-5-6)9(13)8-7(10)2-3-14-8;/h2-3,6,11H,4-5H2,1H3;1H. The SMILES string of the molecule is CN(C(=O)c1sccc1Br)C1CNC1.Cl. The fourth-order valence-electron chi connectivity index (χ4n) is 1.32. The normalized spacial score (nSPS) is 15.3. The van der Waals surface area contributed by atoms with Gasteiger partial charge in [0.2, 0.25) is 0 Å². The fourth-order valence-corrected chi connectivity index (χ4v) is 2.84. The van der Waals surface area contributed by atoms with Gasteiger partial charge >= 0.3 is 0 Å². The predicted molar refractivity (Wildman–Crippen MR) is 68.0 cm³/mol. The van der Waals surface area contributed by atoms with Crippen LogP contribution in [0.15, 0.2) is 15.9 Å². The van der Waals surface area contributed by atoms with Crippen LogP contribution >= 0.6 is 39.7 Å². The van der Waals surface area contributed by atoms with Gasteiger partial charge in [-0.25, -0.2) is 0 Å². The third-order valence-corrected chi connectivity index (χ3v) is 4.27. The van der Waals surface area contributed by atoms with Crippen LogP contribution in [0.5, 0.6) is 0 Å². The summed E-state index contributed by atoms with van der Waals surface area (Å²) in [5, 5.41) is 5.08. The third kappa shape index (κ3) is 2.53. The van der Waals surface area contributed by atoms with Crippen molar-refractivity contribution >= 4 is 45.6 Å². The molecular formula is C9H12BrClN2OS. The first kappa shape index (κ1) is 13.0. The average Bonchev–Trinajstić information content (AvgIpc) is 2.47. The van der Waals surface area contributed by atoms with Gasteiger partial charge in [-0.15, -0.1) is 23.7 Å². The maximum atomic E-state index is 11.9. The number of rotatable bonds is 2. The number of amides is 1. The van der Waals surface area contributed by atoms with E-state index in [-0.39, 0.29) is 18.3 Å². The Bertz CT molecular complexity index is 354. The molecule has 0 bridgehead atoms. The zero-order chi connectivity index (χ0) is 10.1. The summed E-state index contributed by atoms with van der Waals surface area (Å²) in [5.74, 6) is 0.110. The molecule has 1 aliphatic heterocycles. The molecule has 6 heteroatoms. The topological polar surface area (TPSA) is 32.3 Å². The molecule has 2 rings (SSSR count). The lowest BCUT2D eigenvalue weighted by Crippen LogP contribution is -2.57. The Kier molecular flexibility index (Phi) is 4.58. The van der Waals surface area contributed by atoms with Crippen molar-refractivity contribution in [3.63, 3.8) is 0 Å².